The van der Waals surface area contributed by atoms with Gasteiger partial charge in [-0.25, -0.2) is 0 Å². The van der Waals surface area contributed by atoms with Crippen LogP contribution in [0.2, 0.25) is 0 Å². The van der Waals surface area contributed by atoms with Crippen LogP contribution in [0.5, 0.6) is 5.75 Å². The first-order valence-electron chi connectivity index (χ1n) is 4.68. The van der Waals surface area contributed by atoms with E-state index in [1.807, 2.05) is 0 Å². The Bertz CT molecular complexity index is 333. The van der Waals surface area contributed by atoms with E-state index in [-0.39, 0.29) is 6.04 Å². The third-order valence-corrected chi connectivity index (χ3v) is 2.78. The van der Waals surface area contributed by atoms with Crippen LogP contribution in [0.1, 0.15) is 29.2 Å². The molecule has 1 aliphatic heterocycles. The highest BCUT2D eigenvalue weighted by molar-refractivity contribution is 5.47. The summed E-state index contributed by atoms with van der Waals surface area (Å²) in [4.78, 5) is 0. The van der Waals surface area contributed by atoms with E-state index >= 15 is 0 Å². The summed E-state index contributed by atoms with van der Waals surface area (Å²) < 4.78 is 5.63. The second-order valence-electron chi connectivity index (χ2n) is 3.67. The van der Waals surface area contributed by atoms with Crippen molar-refractivity contribution in [3.63, 3.8) is 0 Å². The molecule has 0 fully saturated rings. The van der Waals surface area contributed by atoms with Gasteiger partial charge in [-0.05, 0) is 25.0 Å². The van der Waals surface area contributed by atoms with Crippen LogP contribution in [-0.4, -0.2) is 6.61 Å². The molecule has 2 rings (SSSR count). The van der Waals surface area contributed by atoms with E-state index in [0.717, 1.165) is 24.3 Å². The van der Waals surface area contributed by atoms with E-state index in [1.54, 1.807) is 0 Å². The van der Waals surface area contributed by atoms with Crippen LogP contribution >= 0.6 is 0 Å². The molecule has 1 unspecified atom stereocenters. The normalized spacial score (nSPS) is 20.7. The van der Waals surface area contributed by atoms with Gasteiger partial charge in [0.2, 0.25) is 0 Å². The third-order valence-electron chi connectivity index (χ3n) is 2.78. The minimum Gasteiger partial charge on any atom is -0.493 e. The molecule has 0 radical (unpaired) electrons. The van der Waals surface area contributed by atoms with Gasteiger partial charge in [0, 0.05) is 18.0 Å². The summed E-state index contributed by atoms with van der Waals surface area (Å²) in [5.41, 5.74) is 9.65. The minimum atomic E-state index is 0.156. The Morgan fingerprint density at radius 1 is 1.38 bits per heavy atom. The second kappa shape index (κ2) is 3.04. The quantitative estimate of drug-likeness (QED) is 0.658. The van der Waals surface area contributed by atoms with Crippen LogP contribution in [0.25, 0.3) is 0 Å². The lowest BCUT2D eigenvalue weighted by atomic mass is 9.96. The second-order valence-corrected chi connectivity index (χ2v) is 3.67. The van der Waals surface area contributed by atoms with E-state index in [0.29, 0.717) is 0 Å². The van der Waals surface area contributed by atoms with Gasteiger partial charge >= 0.3 is 0 Å². The lowest BCUT2D eigenvalue weighted by Gasteiger charge is -2.25. The van der Waals surface area contributed by atoms with Crippen LogP contribution < -0.4 is 10.5 Å². The topological polar surface area (TPSA) is 35.2 Å². The molecule has 0 aromatic heterocycles. The standard InChI is InChI=1S/C11H15NO/c1-7-3-4-9-10(12)5-6-13-11(9)8(7)2/h3-4,10H,5-6,12H2,1-2H3. The zero-order valence-electron chi connectivity index (χ0n) is 8.13. The number of hydrogen-bond acceptors (Lipinski definition) is 2. The molecule has 1 atom stereocenters. The van der Waals surface area contributed by atoms with E-state index in [4.69, 9.17) is 10.5 Å². The molecular formula is C11H15NO. The Hall–Kier alpha value is -1.02. The molecule has 0 bridgehead atoms. The first-order chi connectivity index (χ1) is 6.20. The molecule has 70 valence electrons. The molecule has 2 heteroatoms. The first kappa shape index (κ1) is 8.57. The van der Waals surface area contributed by atoms with Crippen molar-refractivity contribution in [3.8, 4) is 5.75 Å². The van der Waals surface area contributed by atoms with Crippen LogP contribution in [0.4, 0.5) is 0 Å². The maximum absolute atomic E-state index is 5.99. The van der Waals surface area contributed by atoms with Crippen LogP contribution in [0.15, 0.2) is 12.1 Å². The molecule has 1 aromatic rings. The minimum absolute atomic E-state index is 0.156. The Labute approximate surface area is 78.7 Å². The highest BCUT2D eigenvalue weighted by atomic mass is 16.5. The summed E-state index contributed by atoms with van der Waals surface area (Å²) in [5, 5.41) is 0. The van der Waals surface area contributed by atoms with Gasteiger partial charge in [-0.2, -0.15) is 0 Å². The van der Waals surface area contributed by atoms with E-state index in [1.165, 1.54) is 11.1 Å². The highest BCUT2D eigenvalue weighted by Gasteiger charge is 2.19. The van der Waals surface area contributed by atoms with E-state index in [9.17, 15) is 0 Å². The molecule has 1 heterocycles. The Morgan fingerprint density at radius 3 is 2.92 bits per heavy atom. The van der Waals surface area contributed by atoms with Crippen molar-refractivity contribution >= 4 is 0 Å². The van der Waals surface area contributed by atoms with Gasteiger partial charge in [0.05, 0.1) is 6.61 Å². The van der Waals surface area contributed by atoms with Gasteiger partial charge in [-0.3, -0.25) is 0 Å². The van der Waals surface area contributed by atoms with Crippen molar-refractivity contribution < 1.29 is 4.74 Å². The van der Waals surface area contributed by atoms with E-state index < -0.39 is 0 Å². The maximum atomic E-state index is 5.99. The molecule has 13 heavy (non-hydrogen) atoms. The monoisotopic (exact) mass is 177 g/mol. The molecule has 2 nitrogen and oxygen atoms in total. The van der Waals surface area contributed by atoms with Gasteiger partial charge < -0.3 is 10.5 Å². The first-order valence-corrected chi connectivity index (χ1v) is 4.68. The zero-order chi connectivity index (χ0) is 9.42. The Morgan fingerprint density at radius 2 is 2.15 bits per heavy atom. The molecule has 1 aromatic carbocycles. The van der Waals surface area contributed by atoms with Crippen LogP contribution in [0.3, 0.4) is 0 Å². The number of aryl methyl sites for hydroxylation is 1. The van der Waals surface area contributed by atoms with Crippen LogP contribution in [0, 0.1) is 13.8 Å². The average Bonchev–Trinajstić information content (AvgIpc) is 2.12. The molecule has 0 aliphatic carbocycles. The van der Waals surface area contributed by atoms with Gasteiger partial charge in [0.25, 0.3) is 0 Å². The summed E-state index contributed by atoms with van der Waals surface area (Å²) in [6.45, 7) is 4.93. The van der Waals surface area contributed by atoms with Gasteiger partial charge in [-0.15, -0.1) is 0 Å². The zero-order valence-corrected chi connectivity index (χ0v) is 8.13. The van der Waals surface area contributed by atoms with Crippen molar-refractivity contribution in [2.45, 2.75) is 26.3 Å². The van der Waals surface area contributed by atoms with Crippen LogP contribution in [-0.2, 0) is 0 Å². The molecule has 0 saturated carbocycles. The molecule has 0 amide bonds. The highest BCUT2D eigenvalue weighted by Crippen LogP contribution is 2.34. The predicted molar refractivity (Wildman–Crippen MR) is 53.0 cm³/mol. The molecular weight excluding hydrogens is 162 g/mol. The van der Waals surface area contributed by atoms with Crippen molar-refractivity contribution in [3.05, 3.63) is 28.8 Å². The fourth-order valence-electron chi connectivity index (χ4n) is 1.74. The Kier molecular flexibility index (Phi) is 2.00. The van der Waals surface area contributed by atoms with Crippen molar-refractivity contribution in [1.82, 2.24) is 0 Å². The molecule has 0 spiro atoms. The lowest BCUT2D eigenvalue weighted by molar-refractivity contribution is 0.267. The van der Waals surface area contributed by atoms with Gasteiger partial charge in [0.1, 0.15) is 5.75 Å². The fraction of sp³-hybridized carbons (Fsp3) is 0.455. The summed E-state index contributed by atoms with van der Waals surface area (Å²) in [7, 11) is 0. The Balaban J connectivity index is 2.56. The third kappa shape index (κ3) is 1.31. The number of hydrogen-bond donors (Lipinski definition) is 1. The van der Waals surface area contributed by atoms with Gasteiger partial charge in [-0.1, -0.05) is 12.1 Å². The molecule has 0 saturated heterocycles. The molecule has 1 aliphatic rings. The molecule has 2 N–H and O–H groups in total. The smallest absolute Gasteiger partial charge is 0.127 e. The summed E-state index contributed by atoms with van der Waals surface area (Å²) in [5.74, 6) is 1.01. The largest absolute Gasteiger partial charge is 0.493 e. The number of fused-ring (bicyclic) bond motifs is 1. The van der Waals surface area contributed by atoms with Crippen molar-refractivity contribution in [1.29, 1.82) is 0 Å². The predicted octanol–water partition coefficient (Wildman–Crippen LogP) is 2.09. The number of ether oxygens (including phenoxy) is 1. The maximum Gasteiger partial charge on any atom is 0.127 e. The summed E-state index contributed by atoms with van der Waals surface area (Å²) in [6, 6.07) is 4.35. The van der Waals surface area contributed by atoms with Crippen molar-refractivity contribution in [2.75, 3.05) is 6.61 Å². The van der Waals surface area contributed by atoms with Crippen molar-refractivity contribution in [2.24, 2.45) is 5.73 Å². The average molecular weight is 177 g/mol. The number of nitrogens with two attached hydrogens (primary N) is 1. The van der Waals surface area contributed by atoms with E-state index in [2.05, 4.69) is 26.0 Å². The fourth-order valence-corrected chi connectivity index (χ4v) is 1.74. The number of benzene rings is 1. The summed E-state index contributed by atoms with van der Waals surface area (Å²) in [6.07, 6.45) is 0.926. The summed E-state index contributed by atoms with van der Waals surface area (Å²) >= 11 is 0. The lowest BCUT2D eigenvalue weighted by Crippen LogP contribution is -2.21. The SMILES string of the molecule is Cc1ccc2c(c1C)OCCC2N. The van der Waals surface area contributed by atoms with Gasteiger partial charge in [0.15, 0.2) is 0 Å². The number of rotatable bonds is 0.